The molecule has 2 aromatic carbocycles. The summed E-state index contributed by atoms with van der Waals surface area (Å²) in [7, 11) is 0. The third-order valence-electron chi connectivity index (χ3n) is 5.36. The first-order valence-electron chi connectivity index (χ1n) is 12.0. The minimum atomic E-state index is -0.933. The lowest BCUT2D eigenvalue weighted by molar-refractivity contribution is -0.119. The normalized spacial score (nSPS) is 14.6. The topological polar surface area (TPSA) is 75.6 Å². The molecule has 0 aliphatic carbocycles. The van der Waals surface area contributed by atoms with Crippen LogP contribution in [0.4, 0.5) is 4.79 Å². The highest BCUT2D eigenvalue weighted by atomic mass is 16.6. The van der Waals surface area contributed by atoms with Crippen molar-refractivity contribution in [2.75, 3.05) is 0 Å². The SMILES string of the molecule is CC(C)C=CC(=O)[C@H](Cc1ccccc1)C[C@H](O)[C@H](Cc1ccccc1)NC(=O)OC(C)(C)C. The third-order valence-corrected chi connectivity index (χ3v) is 5.36. The number of aliphatic hydroxyl groups excluding tert-OH is 1. The molecule has 1 amide bonds. The van der Waals surface area contributed by atoms with E-state index in [9.17, 15) is 14.7 Å². The van der Waals surface area contributed by atoms with Gasteiger partial charge in [0.15, 0.2) is 5.78 Å². The number of carbonyl (C=O) groups is 2. The fourth-order valence-electron chi connectivity index (χ4n) is 3.69. The number of hydrogen-bond acceptors (Lipinski definition) is 4. The summed E-state index contributed by atoms with van der Waals surface area (Å²) in [5.74, 6) is -0.177. The summed E-state index contributed by atoms with van der Waals surface area (Å²) in [5.41, 5.74) is 1.36. The summed E-state index contributed by atoms with van der Waals surface area (Å²) < 4.78 is 5.43. The van der Waals surface area contributed by atoms with E-state index in [2.05, 4.69) is 5.32 Å². The number of rotatable bonds is 11. The van der Waals surface area contributed by atoms with Crippen LogP contribution in [0, 0.1) is 11.8 Å². The fourth-order valence-corrected chi connectivity index (χ4v) is 3.69. The van der Waals surface area contributed by atoms with Crippen molar-refractivity contribution in [2.45, 2.75) is 71.6 Å². The Morgan fingerprint density at radius 3 is 1.97 bits per heavy atom. The maximum atomic E-state index is 13.1. The van der Waals surface area contributed by atoms with Gasteiger partial charge in [-0.2, -0.15) is 0 Å². The number of alkyl carbamates (subject to hydrolysis) is 1. The Balaban J connectivity index is 2.23. The van der Waals surface area contributed by atoms with Gasteiger partial charge in [0.2, 0.25) is 0 Å². The molecule has 0 heterocycles. The molecule has 0 spiro atoms. The van der Waals surface area contributed by atoms with Gasteiger partial charge in [0.05, 0.1) is 12.1 Å². The number of ether oxygens (including phenoxy) is 1. The summed E-state index contributed by atoms with van der Waals surface area (Å²) in [6, 6.07) is 18.9. The van der Waals surface area contributed by atoms with E-state index in [4.69, 9.17) is 4.74 Å². The predicted octanol–water partition coefficient (Wildman–Crippen LogP) is 5.51. The van der Waals surface area contributed by atoms with Crippen molar-refractivity contribution in [3.05, 3.63) is 83.9 Å². The molecule has 2 aromatic rings. The van der Waals surface area contributed by atoms with Gasteiger partial charge in [-0.15, -0.1) is 0 Å². The Bertz CT molecular complexity index is 916. The van der Waals surface area contributed by atoms with Crippen LogP contribution >= 0.6 is 0 Å². The van der Waals surface area contributed by atoms with E-state index >= 15 is 0 Å². The largest absolute Gasteiger partial charge is 0.444 e. The number of amides is 1. The molecule has 2 N–H and O–H groups in total. The quantitative estimate of drug-likeness (QED) is 0.429. The van der Waals surface area contributed by atoms with Gasteiger partial charge in [-0.3, -0.25) is 4.79 Å². The second-order valence-electron chi connectivity index (χ2n) is 10.1. The first kappa shape index (κ1) is 27.3. The van der Waals surface area contributed by atoms with Gasteiger partial charge in [-0.05, 0) is 63.2 Å². The molecule has 0 saturated heterocycles. The summed E-state index contributed by atoms with van der Waals surface area (Å²) in [5, 5.41) is 14.1. The Morgan fingerprint density at radius 2 is 1.47 bits per heavy atom. The van der Waals surface area contributed by atoms with Crippen LogP contribution in [0.2, 0.25) is 0 Å². The van der Waals surface area contributed by atoms with E-state index in [0.717, 1.165) is 11.1 Å². The second-order valence-corrected chi connectivity index (χ2v) is 10.1. The van der Waals surface area contributed by atoms with E-state index in [0.29, 0.717) is 12.8 Å². The average Bonchev–Trinajstić information content (AvgIpc) is 2.76. The molecule has 0 aromatic heterocycles. The van der Waals surface area contributed by atoms with Crippen LogP contribution in [0.5, 0.6) is 0 Å². The van der Waals surface area contributed by atoms with Gasteiger partial charge in [0.1, 0.15) is 5.60 Å². The molecule has 0 aliphatic heterocycles. The standard InChI is InChI=1S/C29H39NO4/c1-21(2)16-17-26(31)24(18-22-12-8-6-9-13-22)20-27(32)25(19-23-14-10-7-11-15-23)30-28(33)34-29(3,4)5/h6-17,21,24-25,27,32H,18-20H2,1-5H3,(H,30,33)/t24-,25+,27+/m1/s1. The number of allylic oxidation sites excluding steroid dienone is 2. The van der Waals surface area contributed by atoms with Crippen molar-refractivity contribution >= 4 is 11.9 Å². The van der Waals surface area contributed by atoms with Gasteiger partial charge >= 0.3 is 6.09 Å². The number of benzene rings is 2. The summed E-state index contributed by atoms with van der Waals surface area (Å²) in [4.78, 5) is 25.6. The Hall–Kier alpha value is -2.92. The van der Waals surface area contributed by atoms with Crippen molar-refractivity contribution in [2.24, 2.45) is 11.8 Å². The lowest BCUT2D eigenvalue weighted by Crippen LogP contribution is -2.47. The molecule has 0 fully saturated rings. The molecule has 0 bridgehead atoms. The first-order valence-corrected chi connectivity index (χ1v) is 12.0. The smallest absolute Gasteiger partial charge is 0.407 e. The van der Waals surface area contributed by atoms with Crippen LogP contribution < -0.4 is 5.32 Å². The summed E-state index contributed by atoms with van der Waals surface area (Å²) >= 11 is 0. The third kappa shape index (κ3) is 10.3. The average molecular weight is 466 g/mol. The van der Waals surface area contributed by atoms with Crippen LogP contribution in [0.3, 0.4) is 0 Å². The van der Waals surface area contributed by atoms with Crippen LogP contribution in [-0.2, 0) is 22.4 Å². The van der Waals surface area contributed by atoms with E-state index in [1.807, 2.05) is 80.6 Å². The van der Waals surface area contributed by atoms with Crippen molar-refractivity contribution in [1.82, 2.24) is 5.32 Å². The van der Waals surface area contributed by atoms with Crippen molar-refractivity contribution in [3.63, 3.8) is 0 Å². The number of hydrogen-bond donors (Lipinski definition) is 2. The van der Waals surface area contributed by atoms with Gasteiger partial charge in [-0.25, -0.2) is 4.79 Å². The lowest BCUT2D eigenvalue weighted by Gasteiger charge is -2.28. The number of carbonyl (C=O) groups excluding carboxylic acids is 2. The molecule has 184 valence electrons. The van der Waals surface area contributed by atoms with Gasteiger partial charge in [-0.1, -0.05) is 80.6 Å². The van der Waals surface area contributed by atoms with Crippen LogP contribution in [0.25, 0.3) is 0 Å². The van der Waals surface area contributed by atoms with Crippen molar-refractivity contribution in [1.29, 1.82) is 0 Å². The van der Waals surface area contributed by atoms with E-state index < -0.39 is 29.8 Å². The Kier molecular flexibility index (Phi) is 10.5. The molecule has 0 aliphatic rings. The summed E-state index contributed by atoms with van der Waals surface area (Å²) in [6.45, 7) is 9.43. The zero-order valence-electron chi connectivity index (χ0n) is 21.0. The van der Waals surface area contributed by atoms with Crippen LogP contribution in [0.15, 0.2) is 72.8 Å². The van der Waals surface area contributed by atoms with Crippen molar-refractivity contribution in [3.8, 4) is 0 Å². The maximum absolute atomic E-state index is 13.1. The molecule has 5 nitrogen and oxygen atoms in total. The number of aliphatic hydroxyl groups is 1. The van der Waals surface area contributed by atoms with Gasteiger partial charge in [0.25, 0.3) is 0 Å². The molecule has 34 heavy (non-hydrogen) atoms. The second kappa shape index (κ2) is 13.1. The molecule has 5 heteroatoms. The molecule has 3 atom stereocenters. The Labute approximate surface area is 204 Å². The minimum absolute atomic E-state index is 0.0210. The first-order chi connectivity index (χ1) is 16.0. The monoisotopic (exact) mass is 465 g/mol. The Morgan fingerprint density at radius 1 is 0.941 bits per heavy atom. The van der Waals surface area contributed by atoms with Crippen LogP contribution in [0.1, 0.15) is 52.2 Å². The molecular formula is C29H39NO4. The van der Waals surface area contributed by atoms with Crippen LogP contribution in [-0.4, -0.2) is 34.7 Å². The highest BCUT2D eigenvalue weighted by Gasteiger charge is 2.29. The van der Waals surface area contributed by atoms with Gasteiger partial charge in [0, 0.05) is 5.92 Å². The van der Waals surface area contributed by atoms with Gasteiger partial charge < -0.3 is 15.2 Å². The zero-order valence-corrected chi connectivity index (χ0v) is 21.0. The lowest BCUT2D eigenvalue weighted by atomic mass is 9.86. The predicted molar refractivity (Wildman–Crippen MR) is 137 cm³/mol. The minimum Gasteiger partial charge on any atom is -0.444 e. The highest BCUT2D eigenvalue weighted by Crippen LogP contribution is 2.20. The number of ketones is 1. The maximum Gasteiger partial charge on any atom is 0.407 e. The van der Waals surface area contributed by atoms with E-state index in [-0.39, 0.29) is 18.1 Å². The molecular weight excluding hydrogens is 426 g/mol. The zero-order chi connectivity index (χ0) is 25.1. The molecule has 0 unspecified atom stereocenters. The van der Waals surface area contributed by atoms with Crippen molar-refractivity contribution < 1.29 is 19.4 Å². The van der Waals surface area contributed by atoms with E-state index in [1.165, 1.54) is 0 Å². The molecule has 2 rings (SSSR count). The highest BCUT2D eigenvalue weighted by molar-refractivity contribution is 5.92. The molecule has 0 saturated carbocycles. The summed E-state index contributed by atoms with van der Waals surface area (Å²) in [6.07, 6.45) is 3.16. The fraction of sp³-hybridized carbons (Fsp3) is 0.448. The number of nitrogens with one attached hydrogen (secondary N) is 1. The van der Waals surface area contributed by atoms with E-state index in [1.54, 1.807) is 26.8 Å². The molecule has 0 radical (unpaired) electrons.